The lowest BCUT2D eigenvalue weighted by molar-refractivity contribution is -0.137. The number of ether oxygens (including phenoxy) is 1. The molecule has 12 saturated heterocycles. The summed E-state index contributed by atoms with van der Waals surface area (Å²) < 4.78 is 92.1. The highest BCUT2D eigenvalue weighted by Gasteiger charge is 2.51. The molecular formula is C127H250F6N14O2. The van der Waals surface area contributed by atoms with Crippen molar-refractivity contribution in [2.45, 2.75) is 517 Å². The summed E-state index contributed by atoms with van der Waals surface area (Å²) in [4.78, 5) is 46.1. The van der Waals surface area contributed by atoms with Crippen LogP contribution in [-0.4, -0.2) is 374 Å². The topological polar surface area (TPSA) is 71.7 Å². The lowest BCUT2D eigenvalue weighted by Gasteiger charge is -2.46. The van der Waals surface area contributed by atoms with Gasteiger partial charge in [0.1, 0.15) is 5.78 Å². The highest BCUT2D eigenvalue weighted by molar-refractivity contribution is 5.80. The van der Waals surface area contributed by atoms with Gasteiger partial charge in [0.15, 0.2) is 0 Å². The molecule has 22 heteroatoms. The Hall–Kier alpha value is -1.35. The summed E-state index contributed by atoms with van der Waals surface area (Å²) in [6, 6.07) is 6.24. The Kier molecular flexibility index (Phi) is 64.1. The van der Waals surface area contributed by atoms with Crippen LogP contribution in [0.15, 0.2) is 0 Å². The van der Waals surface area contributed by atoms with Crippen molar-refractivity contribution in [1.82, 2.24) is 68.6 Å². The Labute approximate surface area is 920 Å². The average Bonchev–Trinajstić information content (AvgIpc) is 0.792. The monoisotopic (exact) mass is 2120 g/mol. The molecule has 0 bridgehead atoms. The van der Waals surface area contributed by atoms with E-state index in [9.17, 15) is 31.1 Å². The van der Waals surface area contributed by atoms with Gasteiger partial charge in [-0.2, -0.15) is 0 Å². The van der Waals surface area contributed by atoms with Crippen LogP contribution in [-0.2, 0) is 9.53 Å². The molecule has 3 atom stereocenters. The van der Waals surface area contributed by atoms with Crippen LogP contribution in [0.4, 0.5) is 26.3 Å². The molecule has 13 fully saturated rings. The fourth-order valence-corrected chi connectivity index (χ4v) is 27.5. The van der Waals surface area contributed by atoms with Crippen LogP contribution in [0, 0.1) is 94.7 Å². The van der Waals surface area contributed by atoms with Gasteiger partial charge in [-0.3, -0.25) is 29.3 Å². The number of unbranched alkanes of at least 4 members (excludes halogenated alkanes) is 1. The van der Waals surface area contributed by atoms with E-state index in [0.29, 0.717) is 85.9 Å². The Morgan fingerprint density at radius 2 is 0.597 bits per heavy atom. The molecule has 149 heavy (non-hydrogen) atoms. The van der Waals surface area contributed by atoms with E-state index in [4.69, 9.17) is 4.74 Å². The maximum Gasteiger partial charge on any atom is 0.275 e. The first kappa shape index (κ1) is 136. The third-order valence-electron chi connectivity index (χ3n) is 37.1. The van der Waals surface area contributed by atoms with Gasteiger partial charge in [0, 0.05) is 143 Å². The zero-order chi connectivity index (χ0) is 111. The van der Waals surface area contributed by atoms with Gasteiger partial charge < -0.3 is 48.8 Å². The molecule has 16 nitrogen and oxygen atoms in total. The van der Waals surface area contributed by atoms with E-state index in [2.05, 4.69) is 237 Å². The Morgan fingerprint density at radius 1 is 0.289 bits per heavy atom. The predicted molar refractivity (Wildman–Crippen MR) is 628 cm³/mol. The van der Waals surface area contributed by atoms with Gasteiger partial charge >= 0.3 is 0 Å². The van der Waals surface area contributed by atoms with Gasteiger partial charge in [-0.15, -0.1) is 0 Å². The molecule has 0 radical (unpaired) electrons. The van der Waals surface area contributed by atoms with E-state index in [1.807, 2.05) is 60.3 Å². The molecule has 0 amide bonds. The molecular weight excluding hydrogens is 1870 g/mol. The molecule has 882 valence electrons. The summed E-state index contributed by atoms with van der Waals surface area (Å²) in [5, 5.41) is 0. The van der Waals surface area contributed by atoms with E-state index < -0.39 is 35.6 Å². The van der Waals surface area contributed by atoms with Crippen LogP contribution < -0.4 is 0 Å². The summed E-state index contributed by atoms with van der Waals surface area (Å²) in [5.41, 5.74) is 0. The first-order chi connectivity index (χ1) is 70.1. The van der Waals surface area contributed by atoms with Crippen LogP contribution in [0.3, 0.4) is 0 Å². The number of nitrogens with zero attached hydrogens (tertiary/aromatic N) is 14. The average molecular weight is 2120 g/mol. The van der Waals surface area contributed by atoms with Crippen molar-refractivity contribution >= 4 is 5.78 Å². The summed E-state index contributed by atoms with van der Waals surface area (Å²) in [6.45, 7) is 103. The highest BCUT2D eigenvalue weighted by Crippen LogP contribution is 2.43. The maximum atomic E-state index is 14.5. The van der Waals surface area contributed by atoms with Crippen LogP contribution in [0.25, 0.3) is 0 Å². The smallest absolute Gasteiger partial charge is 0.275 e. The normalized spacial score (nSPS) is 26.1. The first-order valence-corrected chi connectivity index (χ1v) is 63.7. The van der Waals surface area contributed by atoms with E-state index in [0.717, 1.165) is 212 Å². The third kappa shape index (κ3) is 52.1. The molecule has 12 aliphatic heterocycles. The molecule has 1 saturated carbocycles. The first-order valence-electron chi connectivity index (χ1n) is 63.7. The lowest BCUT2D eigenvalue weighted by atomic mass is 9.81. The van der Waals surface area contributed by atoms with Crippen molar-refractivity contribution in [2.75, 3.05) is 203 Å². The van der Waals surface area contributed by atoms with Crippen LogP contribution in [0.1, 0.15) is 421 Å². The minimum atomic E-state index is -2.56. The number of carbonyl (C=O) groups is 1. The maximum absolute atomic E-state index is 14.5. The van der Waals surface area contributed by atoms with Gasteiger partial charge in [0.05, 0.1) is 31.8 Å². The molecule has 3 unspecified atom stereocenters. The van der Waals surface area contributed by atoms with E-state index in [1.165, 1.54) is 227 Å². The minimum Gasteiger partial charge on any atom is -0.379 e. The molecule has 0 aromatic rings. The number of carbonyl (C=O) groups excluding carboxylic acids is 1. The molecule has 12 heterocycles. The highest BCUT2D eigenvalue weighted by atomic mass is 19.3. The Bertz CT molecular complexity index is 3170. The largest absolute Gasteiger partial charge is 0.379 e. The molecule has 0 aromatic carbocycles. The number of alkyl halides is 6. The molecule has 13 rings (SSSR count). The molecule has 0 aromatic heterocycles. The van der Waals surface area contributed by atoms with Crippen molar-refractivity contribution in [1.29, 1.82) is 0 Å². The van der Waals surface area contributed by atoms with Crippen molar-refractivity contribution in [3.8, 4) is 0 Å². The number of ketones is 1. The number of rotatable bonds is 36. The second-order valence-electron chi connectivity index (χ2n) is 55.8. The molecule has 0 N–H and O–H groups in total. The van der Waals surface area contributed by atoms with Gasteiger partial charge in [-0.05, 0) is 498 Å². The number of piperidine rings is 11. The number of halogens is 6. The van der Waals surface area contributed by atoms with Crippen LogP contribution in [0.5, 0.6) is 0 Å². The second kappa shape index (κ2) is 70.1. The fourth-order valence-electron chi connectivity index (χ4n) is 27.5. The van der Waals surface area contributed by atoms with E-state index >= 15 is 0 Å². The number of Topliss-reactive ketones (excluding diaryl/α,β-unsaturated/α-hetero) is 1. The number of hydrogen-bond acceptors (Lipinski definition) is 16. The minimum absolute atomic E-state index is 0.0171. The van der Waals surface area contributed by atoms with Crippen molar-refractivity contribution in [3.05, 3.63) is 0 Å². The number of likely N-dealkylation sites (tertiary alicyclic amines) is 11. The zero-order valence-corrected chi connectivity index (χ0v) is 104. The Morgan fingerprint density at radius 3 is 0.893 bits per heavy atom. The molecule has 13 aliphatic rings. The summed E-state index contributed by atoms with van der Waals surface area (Å²) in [6.07, 6.45) is 36.5. The van der Waals surface area contributed by atoms with E-state index in [-0.39, 0.29) is 31.6 Å². The molecule has 0 spiro atoms. The summed E-state index contributed by atoms with van der Waals surface area (Å²) in [5.74, 6) is 2.37. The summed E-state index contributed by atoms with van der Waals surface area (Å²) >= 11 is 0. The van der Waals surface area contributed by atoms with Gasteiger partial charge in [-0.25, -0.2) is 26.3 Å². The second-order valence-corrected chi connectivity index (χ2v) is 55.8. The van der Waals surface area contributed by atoms with Crippen molar-refractivity contribution in [3.63, 3.8) is 0 Å². The van der Waals surface area contributed by atoms with Gasteiger partial charge in [0.25, 0.3) is 17.8 Å². The van der Waals surface area contributed by atoms with Crippen LogP contribution >= 0.6 is 0 Å². The zero-order valence-electron chi connectivity index (χ0n) is 104. The van der Waals surface area contributed by atoms with Crippen molar-refractivity contribution < 1.29 is 35.9 Å². The number of hydrogen-bond donors (Lipinski definition) is 0. The number of piperazine rings is 1. The lowest BCUT2D eigenvalue weighted by Crippen LogP contribution is -2.60. The third-order valence-corrected chi connectivity index (χ3v) is 37.1. The predicted octanol–water partition coefficient (Wildman–Crippen LogP) is 27.8. The molecule has 1 aliphatic carbocycles. The van der Waals surface area contributed by atoms with Gasteiger partial charge in [0.2, 0.25) is 0 Å². The summed E-state index contributed by atoms with van der Waals surface area (Å²) in [7, 11) is 2.26. The Balaban J connectivity index is 0.000000261. The standard InChI is InChI=1S/C19H37NO2.3C17H32F2N2.2C17H34N2.C12H25N.C11H24N2/c1-15(2)19(21)14-17-8-10-18(11-9-17)20(5)12-6-7-13-22-16(3)4;2*1-13(2)11-15-5-8-21(12-17(15,18)19)16-6-9-20(10-7-16)14(3)4;1-13(2)11-15-5-8-20(9-6-15)16-7-10-21(14(3)4)12-17(16,18)19;2*1-14(2)13-16-5-9-19(10-6-16)17-7-11-18(12-8-17)15(3)4;1-10(2)9-13-7-5-12(6-8-13)11(3)4;1-10(2)9-12-5-7-13(8-6-12)11(3)4/h15-18H,6-14H2,1-5H3;3*13-16H,5-12H2,1-4H3;2*14-17H,5-13H2,1-4H3;10-12H,5-9H2,1-4H3;10-11H,5-9H2,1-4H3. The fraction of sp³-hybridized carbons (Fsp3) is 0.992. The SMILES string of the molecule is CC(C)CC1CCN(C2CCN(C(C)C)CC2(F)F)CC1.CC(C)CC1CCN(C2CCN(C(C)C)CC2)CC1.CC(C)CC1CCN(C2CCN(C(C)C)CC2)CC1.CC(C)CC1CCN(C2CCN(C(C)C)CC2)CC1(F)F.CC(C)CC1CCN(C2CCN(C(C)C)CC2)CC1(F)F.CC(C)CN1CCC(C(C)C)CC1.CC(C)CN1CCN(C(C)C)CC1.CC(C)OCCCCN(C)C1CCC(CC(=O)C(C)C)CC1. The quantitative estimate of drug-likeness (QED) is 0.0441. The van der Waals surface area contributed by atoms with Crippen molar-refractivity contribution in [2.24, 2.45) is 94.7 Å². The van der Waals surface area contributed by atoms with Crippen LogP contribution in [0.2, 0.25) is 0 Å². The van der Waals surface area contributed by atoms with E-state index in [1.54, 1.807) is 0 Å². The van der Waals surface area contributed by atoms with Gasteiger partial charge in [-0.1, -0.05) is 125 Å².